The molecule has 1 saturated heterocycles. The highest BCUT2D eigenvalue weighted by Crippen LogP contribution is 2.60. The van der Waals surface area contributed by atoms with E-state index in [1.54, 1.807) is 10.0 Å². The van der Waals surface area contributed by atoms with Crippen molar-refractivity contribution < 1.29 is 19.4 Å². The van der Waals surface area contributed by atoms with Crippen LogP contribution in [0.4, 0.5) is 0 Å². The van der Waals surface area contributed by atoms with Gasteiger partial charge in [-0.05, 0) is 37.8 Å². The van der Waals surface area contributed by atoms with E-state index in [1.165, 1.54) is 23.5 Å². The van der Waals surface area contributed by atoms with Gasteiger partial charge in [0.25, 0.3) is 11.8 Å². The summed E-state index contributed by atoms with van der Waals surface area (Å²) < 4.78 is 6.52. The van der Waals surface area contributed by atoms with Crippen LogP contribution in [0.2, 0.25) is 0 Å². The number of hydrogen-bond acceptors (Lipinski definition) is 6. The van der Waals surface area contributed by atoms with Gasteiger partial charge in [-0.3, -0.25) is 9.59 Å². The molecule has 0 bridgehead atoms. The fourth-order valence-corrected chi connectivity index (χ4v) is 6.05. The minimum atomic E-state index is -0.236. The van der Waals surface area contributed by atoms with Gasteiger partial charge in [0.15, 0.2) is 0 Å². The Hall–Kier alpha value is -1.80. The number of carbonyl (C=O) groups is 2. The molecular formula is C22H30N2O4S2. The van der Waals surface area contributed by atoms with Gasteiger partial charge < -0.3 is 9.84 Å². The molecule has 30 heavy (non-hydrogen) atoms. The lowest BCUT2D eigenvalue weighted by atomic mass is 10.2. The predicted octanol–water partition coefficient (Wildman–Crippen LogP) is 5.08. The fraction of sp³-hybridized carbons (Fsp3) is 0.545. The fourth-order valence-electron chi connectivity index (χ4n) is 3.35. The van der Waals surface area contributed by atoms with Crippen molar-refractivity contribution in [2.45, 2.75) is 69.6 Å². The number of thioether (sulfide) groups is 2. The van der Waals surface area contributed by atoms with Crippen molar-refractivity contribution in [3.05, 3.63) is 21.4 Å². The van der Waals surface area contributed by atoms with Gasteiger partial charge in [0.2, 0.25) is 0 Å². The van der Waals surface area contributed by atoms with Crippen molar-refractivity contribution in [2.75, 3.05) is 19.7 Å². The number of nitrogens with zero attached hydrogens (tertiary/aromatic N) is 2. The Kier molecular flexibility index (Phi) is 7.63. The Balaban J connectivity index is 1.98. The number of unbranched alkanes of at least 4 members (excludes halogenated alkanes) is 2. The van der Waals surface area contributed by atoms with E-state index in [4.69, 9.17) is 4.74 Å². The first kappa shape index (κ1) is 22.9. The average molecular weight is 451 g/mol. The number of phenolic OH excluding ortho intramolecular Hbond substituents is 1. The number of benzene rings is 1. The molecule has 0 unspecified atom stereocenters. The first-order chi connectivity index (χ1) is 14.4. The standard InChI is InChI=1S/C22H30N2O4S2/c1-5-8-10-23-20(26)16(21(27)24(23)11-9-6-2)22-29-18-15(28-12-7-3)13-14(4)17(25)19(18)30-22/h13,25H,5-12H2,1-4H3. The molecule has 0 radical (unpaired) electrons. The minimum absolute atomic E-state index is 0.186. The van der Waals surface area contributed by atoms with Crippen molar-refractivity contribution >= 4 is 35.3 Å². The zero-order chi connectivity index (χ0) is 21.8. The normalized spacial score (nSPS) is 16.1. The number of rotatable bonds is 9. The zero-order valence-corrected chi connectivity index (χ0v) is 19.8. The molecule has 3 rings (SSSR count). The highest BCUT2D eigenvalue weighted by atomic mass is 32.2. The lowest BCUT2D eigenvalue weighted by molar-refractivity contribution is -0.147. The number of hydrogen-bond donors (Lipinski definition) is 1. The highest BCUT2D eigenvalue weighted by molar-refractivity contribution is 8.25. The molecule has 1 N–H and O–H groups in total. The zero-order valence-electron chi connectivity index (χ0n) is 18.1. The summed E-state index contributed by atoms with van der Waals surface area (Å²) in [4.78, 5) is 27.9. The number of aromatic hydroxyl groups is 1. The Morgan fingerprint density at radius 2 is 1.50 bits per heavy atom. The van der Waals surface area contributed by atoms with Gasteiger partial charge in [-0.15, -0.1) is 0 Å². The molecule has 6 nitrogen and oxygen atoms in total. The summed E-state index contributed by atoms with van der Waals surface area (Å²) in [5.74, 6) is 0.406. The first-order valence-electron chi connectivity index (χ1n) is 10.7. The van der Waals surface area contributed by atoms with Crippen molar-refractivity contribution in [2.24, 2.45) is 0 Å². The maximum atomic E-state index is 13.2. The number of aryl methyl sites for hydroxylation is 1. The largest absolute Gasteiger partial charge is 0.506 e. The average Bonchev–Trinajstić information content (AvgIpc) is 3.26. The summed E-state index contributed by atoms with van der Waals surface area (Å²) in [6.07, 6.45) is 4.47. The smallest absolute Gasteiger partial charge is 0.279 e. The number of carbonyl (C=O) groups excluding carboxylic acids is 2. The molecular weight excluding hydrogens is 420 g/mol. The minimum Gasteiger partial charge on any atom is -0.506 e. The second-order valence-electron chi connectivity index (χ2n) is 7.48. The summed E-state index contributed by atoms with van der Waals surface area (Å²) in [6, 6.07) is 1.82. The summed E-state index contributed by atoms with van der Waals surface area (Å²) >= 11 is 2.65. The lowest BCUT2D eigenvalue weighted by Crippen LogP contribution is -2.42. The molecule has 1 aromatic rings. The SMILES string of the molecule is CCCCN1C(=O)C(=C2Sc3c(OCCC)cc(C)c(O)c3S2)C(=O)N1CCCC. The lowest BCUT2D eigenvalue weighted by Gasteiger charge is -2.27. The summed E-state index contributed by atoms with van der Waals surface area (Å²) in [6.45, 7) is 9.66. The van der Waals surface area contributed by atoms with Crippen LogP contribution >= 0.6 is 23.5 Å². The van der Waals surface area contributed by atoms with Gasteiger partial charge >= 0.3 is 0 Å². The molecule has 0 spiro atoms. The summed E-state index contributed by atoms with van der Waals surface area (Å²) in [5.41, 5.74) is 0.935. The Bertz CT molecular complexity index is 841. The van der Waals surface area contributed by atoms with Crippen LogP contribution in [0.15, 0.2) is 25.7 Å². The number of ether oxygens (including phenoxy) is 1. The highest BCUT2D eigenvalue weighted by Gasteiger charge is 2.44. The molecule has 2 aliphatic heterocycles. The number of fused-ring (bicyclic) bond motifs is 1. The molecule has 1 fully saturated rings. The van der Waals surface area contributed by atoms with Crippen molar-refractivity contribution in [1.29, 1.82) is 0 Å². The molecule has 2 aliphatic rings. The van der Waals surface area contributed by atoms with Crippen LogP contribution in [0.5, 0.6) is 11.5 Å². The maximum absolute atomic E-state index is 13.2. The Morgan fingerprint density at radius 1 is 0.933 bits per heavy atom. The van der Waals surface area contributed by atoms with Crippen LogP contribution in [0.3, 0.4) is 0 Å². The topological polar surface area (TPSA) is 70.1 Å². The van der Waals surface area contributed by atoms with Gasteiger partial charge in [0, 0.05) is 13.1 Å². The number of hydrazine groups is 1. The van der Waals surface area contributed by atoms with E-state index in [2.05, 4.69) is 13.8 Å². The second kappa shape index (κ2) is 10.0. The van der Waals surface area contributed by atoms with E-state index >= 15 is 0 Å². The van der Waals surface area contributed by atoms with E-state index in [-0.39, 0.29) is 23.1 Å². The monoisotopic (exact) mass is 450 g/mol. The molecule has 2 amide bonds. The maximum Gasteiger partial charge on any atom is 0.279 e. The van der Waals surface area contributed by atoms with Crippen molar-refractivity contribution in [1.82, 2.24) is 10.0 Å². The second-order valence-corrected chi connectivity index (χ2v) is 9.78. The van der Waals surface area contributed by atoms with E-state index in [0.717, 1.165) is 42.6 Å². The van der Waals surface area contributed by atoms with Crippen LogP contribution in [-0.2, 0) is 9.59 Å². The first-order valence-corrected chi connectivity index (χ1v) is 12.3. The van der Waals surface area contributed by atoms with Gasteiger partial charge in [-0.1, -0.05) is 57.1 Å². The van der Waals surface area contributed by atoms with Crippen LogP contribution in [0.1, 0.15) is 58.4 Å². The van der Waals surface area contributed by atoms with E-state index in [1.807, 2.05) is 19.9 Å². The van der Waals surface area contributed by atoms with Crippen molar-refractivity contribution in [3.63, 3.8) is 0 Å². The van der Waals surface area contributed by atoms with Gasteiger partial charge in [-0.2, -0.15) is 0 Å². The predicted molar refractivity (Wildman–Crippen MR) is 121 cm³/mol. The molecule has 0 aliphatic carbocycles. The van der Waals surface area contributed by atoms with Crippen LogP contribution in [0.25, 0.3) is 0 Å². The van der Waals surface area contributed by atoms with Crippen LogP contribution in [-0.4, -0.2) is 46.6 Å². The molecule has 164 valence electrons. The molecule has 8 heteroatoms. The Labute approximate surface area is 187 Å². The molecule has 1 aromatic carbocycles. The van der Waals surface area contributed by atoms with Crippen LogP contribution in [0, 0.1) is 6.92 Å². The molecule has 0 atom stereocenters. The van der Waals surface area contributed by atoms with E-state index in [0.29, 0.717) is 34.6 Å². The summed E-state index contributed by atoms with van der Waals surface area (Å²) in [5, 5.41) is 13.8. The summed E-state index contributed by atoms with van der Waals surface area (Å²) in [7, 11) is 0. The van der Waals surface area contributed by atoms with Gasteiger partial charge in [0.05, 0.1) is 20.6 Å². The molecule has 0 aromatic heterocycles. The quantitative estimate of drug-likeness (QED) is 0.418. The third-order valence-electron chi connectivity index (χ3n) is 5.06. The van der Waals surface area contributed by atoms with E-state index in [9.17, 15) is 14.7 Å². The van der Waals surface area contributed by atoms with E-state index < -0.39 is 0 Å². The molecule has 0 saturated carbocycles. The molecule has 2 heterocycles. The van der Waals surface area contributed by atoms with Crippen LogP contribution < -0.4 is 4.74 Å². The number of amides is 2. The third-order valence-corrected chi connectivity index (χ3v) is 7.68. The Morgan fingerprint density at radius 3 is 2.03 bits per heavy atom. The number of phenols is 1. The van der Waals surface area contributed by atoms with Gasteiger partial charge in [0.1, 0.15) is 17.1 Å². The third kappa shape index (κ3) is 4.30. The van der Waals surface area contributed by atoms with Gasteiger partial charge in [-0.25, -0.2) is 10.0 Å². The van der Waals surface area contributed by atoms with Crippen molar-refractivity contribution in [3.8, 4) is 11.5 Å².